The van der Waals surface area contributed by atoms with Gasteiger partial charge in [0.05, 0.1) is 6.54 Å². The van der Waals surface area contributed by atoms with E-state index in [1.54, 1.807) is 12.1 Å². The molecule has 0 spiro atoms. The van der Waals surface area contributed by atoms with E-state index < -0.39 is 5.60 Å². The molecule has 2 amide bonds. The molecule has 0 heterocycles. The number of nitrogens with one attached hydrogen (secondary N) is 2. The van der Waals surface area contributed by atoms with Crippen molar-refractivity contribution in [3.63, 3.8) is 0 Å². The molecule has 3 rings (SSSR count). The van der Waals surface area contributed by atoms with Gasteiger partial charge in [0.25, 0.3) is 0 Å². The maximum atomic E-state index is 12.0. The van der Waals surface area contributed by atoms with Gasteiger partial charge in [0.2, 0.25) is 0 Å². The number of urea groups is 1. The number of benzene rings is 2. The fourth-order valence-electron chi connectivity index (χ4n) is 3.35. The van der Waals surface area contributed by atoms with Crippen molar-refractivity contribution in [1.29, 1.82) is 0 Å². The first-order valence-electron chi connectivity index (χ1n) is 8.67. The first kappa shape index (κ1) is 17.3. The highest BCUT2D eigenvalue weighted by atomic mass is 16.3. The molecule has 1 aliphatic rings. The number of aryl methyl sites for hydroxylation is 1. The minimum atomic E-state index is -0.997. The summed E-state index contributed by atoms with van der Waals surface area (Å²) in [5.74, 6) is 0.232. The lowest BCUT2D eigenvalue weighted by atomic mass is 9.79. The number of rotatable bonds is 5. The van der Waals surface area contributed by atoms with Crippen LogP contribution in [0.5, 0.6) is 5.75 Å². The molecule has 1 aliphatic carbocycles. The monoisotopic (exact) mass is 340 g/mol. The molecule has 0 saturated carbocycles. The minimum Gasteiger partial charge on any atom is -0.508 e. The molecule has 0 fully saturated rings. The number of hydrogen-bond donors (Lipinski definition) is 4. The SMILES string of the molecule is O=C(NCCc1ccc(O)cc1)NCC1(O)CCCc2ccccc21. The summed E-state index contributed by atoms with van der Waals surface area (Å²) in [6, 6.07) is 14.5. The van der Waals surface area contributed by atoms with Crippen LogP contribution in [0.2, 0.25) is 0 Å². The van der Waals surface area contributed by atoms with Gasteiger partial charge < -0.3 is 20.8 Å². The average Bonchev–Trinajstić information content (AvgIpc) is 2.62. The Morgan fingerprint density at radius 3 is 2.64 bits per heavy atom. The molecule has 0 saturated heterocycles. The van der Waals surface area contributed by atoms with E-state index >= 15 is 0 Å². The maximum absolute atomic E-state index is 12.0. The summed E-state index contributed by atoms with van der Waals surface area (Å²) in [6.07, 6.45) is 3.22. The van der Waals surface area contributed by atoms with Crippen LogP contribution in [0.1, 0.15) is 29.5 Å². The van der Waals surface area contributed by atoms with Crippen molar-refractivity contribution in [1.82, 2.24) is 10.6 Å². The Kier molecular flexibility index (Phi) is 5.24. The summed E-state index contributed by atoms with van der Waals surface area (Å²) in [5, 5.41) is 25.8. The second-order valence-corrected chi connectivity index (χ2v) is 6.57. The van der Waals surface area contributed by atoms with Crippen LogP contribution >= 0.6 is 0 Å². The smallest absolute Gasteiger partial charge is 0.314 e. The minimum absolute atomic E-state index is 0.203. The van der Waals surface area contributed by atoms with E-state index in [0.29, 0.717) is 19.4 Å². The van der Waals surface area contributed by atoms with E-state index in [4.69, 9.17) is 0 Å². The quantitative estimate of drug-likeness (QED) is 0.675. The van der Waals surface area contributed by atoms with E-state index in [-0.39, 0.29) is 18.3 Å². The fourth-order valence-corrected chi connectivity index (χ4v) is 3.35. The standard InChI is InChI=1S/C20H24N2O3/c23-17-9-7-15(8-10-17)11-13-21-19(24)22-14-20(25)12-3-5-16-4-1-2-6-18(16)20/h1-2,4,6-10,23,25H,3,5,11-14H2,(H2,21,22,24). The Hall–Kier alpha value is -2.53. The highest BCUT2D eigenvalue weighted by Gasteiger charge is 2.34. The van der Waals surface area contributed by atoms with Gasteiger partial charge in [0.1, 0.15) is 11.4 Å². The zero-order valence-corrected chi connectivity index (χ0v) is 14.2. The predicted molar refractivity (Wildman–Crippen MR) is 96.5 cm³/mol. The van der Waals surface area contributed by atoms with Crippen LogP contribution in [0, 0.1) is 0 Å². The summed E-state index contributed by atoms with van der Waals surface area (Å²) in [6.45, 7) is 0.695. The van der Waals surface area contributed by atoms with Crippen molar-refractivity contribution in [3.05, 3.63) is 65.2 Å². The molecule has 1 unspecified atom stereocenters. The van der Waals surface area contributed by atoms with Crippen LogP contribution in [0.4, 0.5) is 4.79 Å². The molecule has 132 valence electrons. The average molecular weight is 340 g/mol. The number of carbonyl (C=O) groups is 1. The van der Waals surface area contributed by atoms with Crippen molar-refractivity contribution in [3.8, 4) is 5.75 Å². The van der Waals surface area contributed by atoms with Gasteiger partial charge in [-0.1, -0.05) is 36.4 Å². The van der Waals surface area contributed by atoms with Crippen LogP contribution < -0.4 is 10.6 Å². The number of amides is 2. The van der Waals surface area contributed by atoms with Crippen LogP contribution in [0.3, 0.4) is 0 Å². The number of phenols is 1. The molecule has 5 heteroatoms. The van der Waals surface area contributed by atoms with E-state index in [1.807, 2.05) is 36.4 Å². The van der Waals surface area contributed by atoms with Gasteiger partial charge in [-0.25, -0.2) is 4.79 Å². The third-order valence-corrected chi connectivity index (χ3v) is 4.73. The predicted octanol–water partition coefficient (Wildman–Crippen LogP) is 2.46. The van der Waals surface area contributed by atoms with E-state index in [0.717, 1.165) is 29.5 Å². The topological polar surface area (TPSA) is 81.6 Å². The molecule has 0 bridgehead atoms. The molecule has 2 aromatic carbocycles. The Balaban J connectivity index is 1.48. The Labute approximate surface area is 147 Å². The Morgan fingerprint density at radius 2 is 1.84 bits per heavy atom. The van der Waals surface area contributed by atoms with Gasteiger partial charge in [0, 0.05) is 6.54 Å². The molecule has 2 aromatic rings. The van der Waals surface area contributed by atoms with Gasteiger partial charge in [0.15, 0.2) is 0 Å². The van der Waals surface area contributed by atoms with E-state index in [9.17, 15) is 15.0 Å². The summed E-state index contributed by atoms with van der Waals surface area (Å²) in [7, 11) is 0. The maximum Gasteiger partial charge on any atom is 0.314 e. The van der Waals surface area contributed by atoms with Gasteiger partial charge >= 0.3 is 6.03 Å². The van der Waals surface area contributed by atoms with Crippen molar-refractivity contribution in [2.24, 2.45) is 0 Å². The number of hydrogen-bond acceptors (Lipinski definition) is 3. The summed E-state index contributed by atoms with van der Waals surface area (Å²) >= 11 is 0. The van der Waals surface area contributed by atoms with Crippen molar-refractivity contribution in [2.45, 2.75) is 31.3 Å². The second-order valence-electron chi connectivity index (χ2n) is 6.57. The Morgan fingerprint density at radius 1 is 1.08 bits per heavy atom. The number of fused-ring (bicyclic) bond motifs is 1. The first-order chi connectivity index (χ1) is 12.1. The van der Waals surface area contributed by atoms with Crippen molar-refractivity contribution >= 4 is 6.03 Å². The second kappa shape index (κ2) is 7.57. The lowest BCUT2D eigenvalue weighted by Gasteiger charge is -2.34. The lowest BCUT2D eigenvalue weighted by molar-refractivity contribution is 0.0217. The largest absolute Gasteiger partial charge is 0.508 e. The first-order valence-corrected chi connectivity index (χ1v) is 8.67. The van der Waals surface area contributed by atoms with Gasteiger partial charge in [-0.2, -0.15) is 0 Å². The summed E-state index contributed by atoms with van der Waals surface area (Å²) in [5.41, 5.74) is 2.12. The van der Waals surface area contributed by atoms with Crippen LogP contribution in [0.25, 0.3) is 0 Å². The molecule has 1 atom stereocenters. The number of carbonyl (C=O) groups excluding carboxylic acids is 1. The highest BCUT2D eigenvalue weighted by molar-refractivity contribution is 5.74. The van der Waals surface area contributed by atoms with Crippen LogP contribution in [-0.4, -0.2) is 29.3 Å². The highest BCUT2D eigenvalue weighted by Crippen LogP contribution is 2.34. The Bertz CT molecular complexity index is 730. The third kappa shape index (κ3) is 4.31. The number of aromatic hydroxyl groups is 1. The molecule has 0 aromatic heterocycles. The zero-order chi connectivity index (χ0) is 17.7. The molecular formula is C20H24N2O3. The molecule has 0 aliphatic heterocycles. The third-order valence-electron chi connectivity index (χ3n) is 4.73. The molecule has 0 radical (unpaired) electrons. The number of phenolic OH excluding ortho intramolecular Hbond substituents is 1. The van der Waals surface area contributed by atoms with Crippen LogP contribution in [-0.2, 0) is 18.4 Å². The lowest BCUT2D eigenvalue weighted by Crippen LogP contribution is -2.46. The molecule has 5 nitrogen and oxygen atoms in total. The summed E-state index contributed by atoms with van der Waals surface area (Å²) < 4.78 is 0. The molecule has 25 heavy (non-hydrogen) atoms. The van der Waals surface area contributed by atoms with Gasteiger partial charge in [-0.05, 0) is 54.5 Å². The normalized spacial score (nSPS) is 19.1. The van der Waals surface area contributed by atoms with Crippen molar-refractivity contribution in [2.75, 3.05) is 13.1 Å². The molecule has 4 N–H and O–H groups in total. The van der Waals surface area contributed by atoms with E-state index in [2.05, 4.69) is 10.6 Å². The summed E-state index contributed by atoms with van der Waals surface area (Å²) in [4.78, 5) is 12.0. The van der Waals surface area contributed by atoms with Crippen LogP contribution in [0.15, 0.2) is 48.5 Å². The van der Waals surface area contributed by atoms with E-state index in [1.165, 1.54) is 0 Å². The fraction of sp³-hybridized carbons (Fsp3) is 0.350. The molecular weight excluding hydrogens is 316 g/mol. The number of aliphatic hydroxyl groups is 1. The van der Waals surface area contributed by atoms with Gasteiger partial charge in [-0.3, -0.25) is 0 Å². The van der Waals surface area contributed by atoms with Gasteiger partial charge in [-0.15, -0.1) is 0 Å². The van der Waals surface area contributed by atoms with Crippen molar-refractivity contribution < 1.29 is 15.0 Å². The zero-order valence-electron chi connectivity index (χ0n) is 14.2.